The molecule has 0 saturated carbocycles. The quantitative estimate of drug-likeness (QED) is 0.235. The van der Waals surface area contributed by atoms with Gasteiger partial charge >= 0.3 is 5.97 Å². The lowest BCUT2D eigenvalue weighted by molar-refractivity contribution is -0.150. The largest absolute Gasteiger partial charge is 0.481 e. The van der Waals surface area contributed by atoms with Gasteiger partial charge in [-0.05, 0) is 56.4 Å². The number of halogens is 1. The predicted octanol–water partition coefficient (Wildman–Crippen LogP) is 3.86. The van der Waals surface area contributed by atoms with Crippen LogP contribution in [0, 0.1) is 23.1 Å². The third kappa shape index (κ3) is 10.9. The third-order valence-corrected chi connectivity index (χ3v) is 7.50. The Hall–Kier alpha value is -4.21. The second kappa shape index (κ2) is 15.9. The first-order chi connectivity index (χ1) is 20.1. The number of nitrogens with one attached hydrogen (secondary N) is 2. The van der Waals surface area contributed by atoms with Crippen molar-refractivity contribution in [3.05, 3.63) is 71.5 Å². The topological polar surface area (TPSA) is 147 Å². The molecule has 2 rings (SSSR count). The highest BCUT2D eigenvalue weighted by Crippen LogP contribution is 2.24. The molecule has 2 amide bonds. The first kappa shape index (κ1) is 35.0. The molecule has 232 valence electrons. The Balaban J connectivity index is 2.15. The Bertz CT molecular complexity index is 1310. The standard InChI is InChI=1S/C33H41FN2O7/c1-6-20(2)28(27(38)19-33(4,5)32(42)43)36-31(41)29(39)21(3)35-30(40)24(16-23-12-14-25(34)15-13-23)18-26(37)17-22-10-8-7-9-11-22/h7-15,20-21,24,28H,6,16-19H2,1-5H3,(H,35,40)(H,36,41)(H,42,43). The summed E-state index contributed by atoms with van der Waals surface area (Å²) in [4.78, 5) is 76.6. The highest BCUT2D eigenvalue weighted by Gasteiger charge is 2.37. The van der Waals surface area contributed by atoms with E-state index in [2.05, 4.69) is 10.6 Å². The van der Waals surface area contributed by atoms with Gasteiger partial charge in [0.15, 0.2) is 5.78 Å². The van der Waals surface area contributed by atoms with Gasteiger partial charge in [0.1, 0.15) is 11.6 Å². The van der Waals surface area contributed by atoms with E-state index in [0.29, 0.717) is 12.0 Å². The Morgan fingerprint density at radius 3 is 2.05 bits per heavy atom. The van der Waals surface area contributed by atoms with E-state index < -0.39 is 58.6 Å². The van der Waals surface area contributed by atoms with Crippen LogP contribution in [0.5, 0.6) is 0 Å². The van der Waals surface area contributed by atoms with E-state index in [-0.39, 0.29) is 37.4 Å². The maximum atomic E-state index is 13.4. The van der Waals surface area contributed by atoms with Crippen molar-refractivity contribution in [2.45, 2.75) is 78.8 Å². The van der Waals surface area contributed by atoms with E-state index >= 15 is 0 Å². The number of hydrogen-bond donors (Lipinski definition) is 3. The van der Waals surface area contributed by atoms with Crippen LogP contribution in [-0.4, -0.2) is 52.3 Å². The number of carbonyl (C=O) groups is 6. The fourth-order valence-electron chi connectivity index (χ4n) is 4.54. The van der Waals surface area contributed by atoms with Crippen LogP contribution in [0.25, 0.3) is 0 Å². The fraction of sp³-hybridized carbons (Fsp3) is 0.455. The Morgan fingerprint density at radius 1 is 0.884 bits per heavy atom. The lowest BCUT2D eigenvalue weighted by Crippen LogP contribution is -2.53. The van der Waals surface area contributed by atoms with Crippen LogP contribution >= 0.6 is 0 Å². The van der Waals surface area contributed by atoms with Gasteiger partial charge < -0.3 is 15.7 Å². The van der Waals surface area contributed by atoms with Gasteiger partial charge in [-0.2, -0.15) is 0 Å². The zero-order chi connectivity index (χ0) is 32.3. The van der Waals surface area contributed by atoms with Crippen molar-refractivity contribution in [1.29, 1.82) is 0 Å². The zero-order valence-corrected chi connectivity index (χ0v) is 25.3. The van der Waals surface area contributed by atoms with Crippen LogP contribution in [0.3, 0.4) is 0 Å². The zero-order valence-electron chi connectivity index (χ0n) is 25.3. The van der Waals surface area contributed by atoms with Crippen LogP contribution in [0.15, 0.2) is 54.6 Å². The molecule has 43 heavy (non-hydrogen) atoms. The molecule has 0 heterocycles. The van der Waals surface area contributed by atoms with E-state index in [1.165, 1.54) is 45.0 Å². The molecule has 2 aromatic rings. The maximum Gasteiger partial charge on any atom is 0.309 e. The molecule has 4 atom stereocenters. The third-order valence-electron chi connectivity index (χ3n) is 7.50. The number of aliphatic carboxylic acids is 1. The summed E-state index contributed by atoms with van der Waals surface area (Å²) in [5, 5.41) is 14.4. The summed E-state index contributed by atoms with van der Waals surface area (Å²) in [7, 11) is 0. The highest BCUT2D eigenvalue weighted by atomic mass is 19.1. The normalized spacial score (nSPS) is 14.1. The summed E-state index contributed by atoms with van der Waals surface area (Å²) in [6.07, 6.45) is 0.195. The van der Waals surface area contributed by atoms with Crippen molar-refractivity contribution < 1.29 is 38.3 Å². The Morgan fingerprint density at radius 2 is 1.49 bits per heavy atom. The minimum absolute atomic E-state index is 0.101. The monoisotopic (exact) mass is 596 g/mol. The average Bonchev–Trinajstić information content (AvgIpc) is 2.95. The van der Waals surface area contributed by atoms with Gasteiger partial charge in [0.2, 0.25) is 11.7 Å². The SMILES string of the molecule is CCC(C)C(NC(=O)C(=O)C(C)NC(=O)C(CC(=O)Cc1ccccc1)Cc1ccc(F)cc1)C(=O)CC(C)(C)C(=O)O. The smallest absolute Gasteiger partial charge is 0.309 e. The maximum absolute atomic E-state index is 13.4. The van der Waals surface area contributed by atoms with Crippen LogP contribution < -0.4 is 10.6 Å². The summed E-state index contributed by atoms with van der Waals surface area (Å²) in [5.74, 6) is -6.33. The lowest BCUT2D eigenvalue weighted by Gasteiger charge is -2.27. The van der Waals surface area contributed by atoms with E-state index in [1.807, 2.05) is 6.07 Å². The predicted molar refractivity (Wildman–Crippen MR) is 158 cm³/mol. The molecular formula is C33H41FN2O7. The van der Waals surface area contributed by atoms with Gasteiger partial charge in [-0.15, -0.1) is 0 Å². The van der Waals surface area contributed by atoms with Gasteiger partial charge in [-0.1, -0.05) is 62.7 Å². The van der Waals surface area contributed by atoms with Gasteiger partial charge in [0, 0.05) is 25.2 Å². The summed E-state index contributed by atoms with van der Waals surface area (Å²) >= 11 is 0. The molecule has 0 fully saturated rings. The second-order valence-electron chi connectivity index (χ2n) is 11.7. The van der Waals surface area contributed by atoms with Gasteiger partial charge in [0.25, 0.3) is 5.91 Å². The number of amides is 2. The minimum atomic E-state index is -1.36. The van der Waals surface area contributed by atoms with Crippen molar-refractivity contribution in [1.82, 2.24) is 10.6 Å². The first-order valence-corrected chi connectivity index (χ1v) is 14.4. The number of carboxylic acids is 1. The lowest BCUT2D eigenvalue weighted by atomic mass is 9.82. The van der Waals surface area contributed by atoms with E-state index in [9.17, 15) is 38.3 Å². The second-order valence-corrected chi connectivity index (χ2v) is 11.7. The summed E-state index contributed by atoms with van der Waals surface area (Å²) in [5.41, 5.74) is 0.0341. The van der Waals surface area contributed by atoms with Crippen molar-refractivity contribution in [2.24, 2.45) is 17.3 Å². The molecule has 0 spiro atoms. The number of ketones is 3. The molecule has 0 aliphatic heterocycles. The molecule has 0 radical (unpaired) electrons. The molecule has 2 aromatic carbocycles. The molecule has 3 N–H and O–H groups in total. The number of benzene rings is 2. The number of carboxylic acid groups (broad SMARTS) is 1. The van der Waals surface area contributed by atoms with Crippen LogP contribution in [-0.2, 0) is 41.6 Å². The van der Waals surface area contributed by atoms with Crippen LogP contribution in [0.1, 0.15) is 65.0 Å². The number of rotatable bonds is 17. The van der Waals surface area contributed by atoms with E-state index in [0.717, 1.165) is 5.56 Å². The minimum Gasteiger partial charge on any atom is -0.481 e. The van der Waals surface area contributed by atoms with Crippen molar-refractivity contribution in [2.75, 3.05) is 0 Å². The van der Waals surface area contributed by atoms with Gasteiger partial charge in [0.05, 0.1) is 17.5 Å². The molecule has 9 nitrogen and oxygen atoms in total. The van der Waals surface area contributed by atoms with E-state index in [4.69, 9.17) is 0 Å². The molecular weight excluding hydrogens is 555 g/mol. The van der Waals surface area contributed by atoms with Crippen molar-refractivity contribution in [3.8, 4) is 0 Å². The fourth-order valence-corrected chi connectivity index (χ4v) is 4.54. The number of hydrogen-bond acceptors (Lipinski definition) is 6. The summed E-state index contributed by atoms with van der Waals surface area (Å²) < 4.78 is 13.4. The first-order valence-electron chi connectivity index (χ1n) is 14.4. The summed E-state index contributed by atoms with van der Waals surface area (Å²) in [6, 6.07) is 12.2. The molecule has 0 aliphatic rings. The van der Waals surface area contributed by atoms with Crippen molar-refractivity contribution >= 4 is 35.1 Å². The van der Waals surface area contributed by atoms with Gasteiger partial charge in [-0.3, -0.25) is 28.8 Å². The molecule has 0 aliphatic carbocycles. The number of Topliss-reactive ketones (excluding diaryl/α,β-unsaturated/α-hetero) is 3. The molecule has 0 aromatic heterocycles. The Labute approximate surface area is 251 Å². The Kier molecular flexibility index (Phi) is 12.9. The molecule has 4 unspecified atom stereocenters. The molecule has 0 saturated heterocycles. The van der Waals surface area contributed by atoms with Crippen molar-refractivity contribution in [3.63, 3.8) is 0 Å². The highest BCUT2D eigenvalue weighted by molar-refractivity contribution is 6.38. The van der Waals surface area contributed by atoms with Crippen LogP contribution in [0.2, 0.25) is 0 Å². The molecule has 10 heteroatoms. The van der Waals surface area contributed by atoms with Crippen LogP contribution in [0.4, 0.5) is 4.39 Å². The van der Waals surface area contributed by atoms with Gasteiger partial charge in [-0.25, -0.2) is 4.39 Å². The average molecular weight is 597 g/mol. The number of carbonyl (C=O) groups excluding carboxylic acids is 5. The molecule has 0 bridgehead atoms. The summed E-state index contributed by atoms with van der Waals surface area (Å²) in [6.45, 7) is 7.63. The van der Waals surface area contributed by atoms with E-state index in [1.54, 1.807) is 38.1 Å².